The van der Waals surface area contributed by atoms with Crippen LogP contribution in [0.3, 0.4) is 0 Å². The van der Waals surface area contributed by atoms with E-state index in [2.05, 4.69) is 10.2 Å². The van der Waals surface area contributed by atoms with Crippen LogP contribution < -0.4 is 0 Å². The third-order valence-corrected chi connectivity index (χ3v) is 5.42. The lowest BCUT2D eigenvalue weighted by Crippen LogP contribution is -2.37. The molecule has 1 amide bonds. The zero-order valence-corrected chi connectivity index (χ0v) is 14.6. The van der Waals surface area contributed by atoms with E-state index >= 15 is 0 Å². The van der Waals surface area contributed by atoms with Gasteiger partial charge in [0.1, 0.15) is 0 Å². The molecule has 1 N–H and O–H groups in total. The van der Waals surface area contributed by atoms with Gasteiger partial charge in [-0.1, -0.05) is 0 Å². The molecular formula is C18H27N3O3. The molecule has 0 bridgehead atoms. The molecule has 0 unspecified atom stereocenters. The average molecular weight is 333 g/mol. The van der Waals surface area contributed by atoms with Gasteiger partial charge < -0.3 is 9.64 Å². The second-order valence-electron chi connectivity index (χ2n) is 7.01. The fourth-order valence-electron chi connectivity index (χ4n) is 3.94. The van der Waals surface area contributed by atoms with Crippen molar-refractivity contribution < 1.29 is 14.3 Å². The molecule has 1 aromatic heterocycles. The molecule has 0 spiro atoms. The number of aromatic nitrogens is 2. The van der Waals surface area contributed by atoms with Crippen molar-refractivity contribution in [3.05, 3.63) is 17.0 Å². The highest BCUT2D eigenvalue weighted by Gasteiger charge is 2.30. The Balaban J connectivity index is 1.47. The van der Waals surface area contributed by atoms with Gasteiger partial charge in [-0.05, 0) is 57.4 Å². The van der Waals surface area contributed by atoms with E-state index in [1.54, 1.807) is 0 Å². The van der Waals surface area contributed by atoms with E-state index < -0.39 is 0 Å². The zero-order chi connectivity index (χ0) is 17.1. The smallest absolute Gasteiger partial charge is 0.308 e. The summed E-state index contributed by atoms with van der Waals surface area (Å²) >= 11 is 0. The SMILES string of the molecule is CCOC(=O)[C@H]1CC[C@H](CC(=O)N2CCc3c(C)n[nH]c3C2)CC1. The van der Waals surface area contributed by atoms with Crippen molar-refractivity contribution in [1.29, 1.82) is 0 Å². The molecule has 6 nitrogen and oxygen atoms in total. The molecule has 0 saturated heterocycles. The summed E-state index contributed by atoms with van der Waals surface area (Å²) in [6.45, 7) is 5.72. The van der Waals surface area contributed by atoms with Crippen molar-refractivity contribution in [3.63, 3.8) is 0 Å². The molecule has 1 aliphatic carbocycles. The lowest BCUT2D eigenvalue weighted by molar-refractivity contribution is -0.149. The van der Waals surface area contributed by atoms with E-state index in [-0.39, 0.29) is 17.8 Å². The normalized spacial score (nSPS) is 23.7. The number of rotatable bonds is 4. The molecule has 0 atom stereocenters. The number of aromatic amines is 1. The second kappa shape index (κ2) is 7.36. The topological polar surface area (TPSA) is 75.3 Å². The third kappa shape index (κ3) is 3.62. The van der Waals surface area contributed by atoms with Gasteiger partial charge in [-0.2, -0.15) is 5.10 Å². The Morgan fingerprint density at radius 1 is 1.29 bits per heavy atom. The first-order valence-corrected chi connectivity index (χ1v) is 9.05. The summed E-state index contributed by atoms with van der Waals surface area (Å²) in [5.74, 6) is 0.586. The van der Waals surface area contributed by atoms with Crippen molar-refractivity contribution in [2.45, 2.75) is 58.9 Å². The zero-order valence-electron chi connectivity index (χ0n) is 14.6. The number of H-pyrrole nitrogens is 1. The van der Waals surface area contributed by atoms with Crippen LogP contribution >= 0.6 is 0 Å². The fraction of sp³-hybridized carbons (Fsp3) is 0.722. The first-order chi connectivity index (χ1) is 11.6. The Hall–Kier alpha value is -1.85. The lowest BCUT2D eigenvalue weighted by atomic mass is 9.80. The van der Waals surface area contributed by atoms with Gasteiger partial charge in [-0.15, -0.1) is 0 Å². The summed E-state index contributed by atoms with van der Waals surface area (Å²) in [6.07, 6.45) is 5.06. The van der Waals surface area contributed by atoms with Crippen molar-refractivity contribution in [2.24, 2.45) is 11.8 Å². The Bertz CT molecular complexity index is 603. The van der Waals surface area contributed by atoms with E-state index in [0.717, 1.165) is 50.0 Å². The Morgan fingerprint density at radius 3 is 2.75 bits per heavy atom. The molecule has 2 aliphatic rings. The number of hydrogen-bond acceptors (Lipinski definition) is 4. The van der Waals surface area contributed by atoms with Crippen LogP contribution in [-0.4, -0.2) is 40.1 Å². The van der Waals surface area contributed by atoms with Crippen LogP contribution in [0.5, 0.6) is 0 Å². The van der Waals surface area contributed by atoms with E-state index in [4.69, 9.17) is 4.74 Å². The summed E-state index contributed by atoms with van der Waals surface area (Å²) < 4.78 is 5.10. The fourth-order valence-corrected chi connectivity index (χ4v) is 3.94. The first kappa shape index (κ1) is 17.0. The third-order valence-electron chi connectivity index (χ3n) is 5.42. The molecule has 0 radical (unpaired) electrons. The predicted molar refractivity (Wildman–Crippen MR) is 89.1 cm³/mol. The molecule has 6 heteroatoms. The average Bonchev–Trinajstić information content (AvgIpc) is 2.96. The number of nitrogens with zero attached hydrogens (tertiary/aromatic N) is 2. The van der Waals surface area contributed by atoms with Gasteiger partial charge in [0, 0.05) is 13.0 Å². The van der Waals surface area contributed by atoms with Crippen LogP contribution in [0.2, 0.25) is 0 Å². The number of fused-ring (bicyclic) bond motifs is 1. The molecule has 1 aromatic rings. The van der Waals surface area contributed by atoms with Crippen LogP contribution in [-0.2, 0) is 27.3 Å². The summed E-state index contributed by atoms with van der Waals surface area (Å²) in [5.41, 5.74) is 3.40. The van der Waals surface area contributed by atoms with Gasteiger partial charge in [0.25, 0.3) is 0 Å². The second-order valence-corrected chi connectivity index (χ2v) is 7.01. The maximum Gasteiger partial charge on any atom is 0.308 e. The number of nitrogens with one attached hydrogen (secondary N) is 1. The lowest BCUT2D eigenvalue weighted by Gasteiger charge is -2.31. The number of carbonyl (C=O) groups is 2. The summed E-state index contributed by atoms with van der Waals surface area (Å²) in [7, 11) is 0. The van der Waals surface area contributed by atoms with Crippen LogP contribution in [0.1, 0.15) is 56.0 Å². The standard InChI is InChI=1S/C18H27N3O3/c1-3-24-18(23)14-6-4-13(5-7-14)10-17(22)21-9-8-15-12(2)19-20-16(15)11-21/h13-14H,3-11H2,1-2H3,(H,19,20)/t13-,14-. The maximum absolute atomic E-state index is 12.6. The summed E-state index contributed by atoms with van der Waals surface area (Å²) in [4.78, 5) is 26.3. The van der Waals surface area contributed by atoms with E-state index in [9.17, 15) is 9.59 Å². The highest BCUT2D eigenvalue weighted by Crippen LogP contribution is 2.32. The van der Waals surface area contributed by atoms with Crippen LogP contribution in [0, 0.1) is 18.8 Å². The molecule has 3 rings (SSSR count). The number of ether oxygens (including phenoxy) is 1. The van der Waals surface area contributed by atoms with Crippen LogP contribution in [0.15, 0.2) is 0 Å². The van der Waals surface area contributed by atoms with Gasteiger partial charge in [0.05, 0.1) is 30.5 Å². The largest absolute Gasteiger partial charge is 0.466 e. The molecule has 132 valence electrons. The molecule has 24 heavy (non-hydrogen) atoms. The van der Waals surface area contributed by atoms with E-state index in [1.807, 2.05) is 18.7 Å². The molecular weight excluding hydrogens is 306 g/mol. The van der Waals surface area contributed by atoms with Gasteiger partial charge in [-0.25, -0.2) is 0 Å². The number of hydrogen-bond donors (Lipinski definition) is 1. The van der Waals surface area contributed by atoms with Crippen molar-refractivity contribution in [1.82, 2.24) is 15.1 Å². The number of amides is 1. The number of esters is 1. The Kier molecular flexibility index (Phi) is 5.21. The van der Waals surface area contributed by atoms with E-state index in [1.165, 1.54) is 5.56 Å². The highest BCUT2D eigenvalue weighted by atomic mass is 16.5. The molecule has 1 saturated carbocycles. The van der Waals surface area contributed by atoms with Crippen LogP contribution in [0.25, 0.3) is 0 Å². The van der Waals surface area contributed by atoms with Gasteiger partial charge >= 0.3 is 5.97 Å². The first-order valence-electron chi connectivity index (χ1n) is 9.05. The van der Waals surface area contributed by atoms with Crippen molar-refractivity contribution in [2.75, 3.05) is 13.2 Å². The summed E-state index contributed by atoms with van der Waals surface area (Å²) in [6, 6.07) is 0. The molecule has 1 fully saturated rings. The Labute approximate surface area is 142 Å². The number of carbonyl (C=O) groups excluding carboxylic acids is 2. The molecule has 2 heterocycles. The molecule has 0 aromatic carbocycles. The van der Waals surface area contributed by atoms with Gasteiger partial charge in [-0.3, -0.25) is 14.7 Å². The number of aryl methyl sites for hydroxylation is 1. The minimum absolute atomic E-state index is 0.0295. The minimum atomic E-state index is -0.0690. The highest BCUT2D eigenvalue weighted by molar-refractivity contribution is 5.77. The molecule has 1 aliphatic heterocycles. The van der Waals surface area contributed by atoms with Crippen molar-refractivity contribution >= 4 is 11.9 Å². The maximum atomic E-state index is 12.6. The van der Waals surface area contributed by atoms with Crippen molar-refractivity contribution in [3.8, 4) is 0 Å². The summed E-state index contributed by atoms with van der Waals surface area (Å²) in [5, 5.41) is 7.29. The van der Waals surface area contributed by atoms with Gasteiger partial charge in [0.15, 0.2) is 0 Å². The van der Waals surface area contributed by atoms with Crippen LogP contribution in [0.4, 0.5) is 0 Å². The quantitative estimate of drug-likeness (QED) is 0.858. The minimum Gasteiger partial charge on any atom is -0.466 e. The Morgan fingerprint density at radius 2 is 2.04 bits per heavy atom. The monoisotopic (exact) mass is 333 g/mol. The van der Waals surface area contributed by atoms with E-state index in [0.29, 0.717) is 25.5 Å². The predicted octanol–water partition coefficient (Wildman–Crippen LogP) is 2.36. The van der Waals surface area contributed by atoms with Gasteiger partial charge in [0.2, 0.25) is 5.91 Å².